The zero-order chi connectivity index (χ0) is 18.4. The Morgan fingerprint density at radius 2 is 1.96 bits per heavy atom. The number of likely N-dealkylation sites (N-methyl/N-ethyl adjacent to an activating group) is 1. The molecule has 2 aromatic heterocycles. The summed E-state index contributed by atoms with van der Waals surface area (Å²) in [4.78, 5) is 30.8. The first-order valence-electron chi connectivity index (χ1n) is 8.48. The van der Waals surface area contributed by atoms with E-state index in [2.05, 4.69) is 5.10 Å². The molecule has 1 aliphatic rings. The van der Waals surface area contributed by atoms with Crippen molar-refractivity contribution in [1.82, 2.24) is 19.5 Å². The van der Waals surface area contributed by atoms with Crippen LogP contribution < -0.4 is 10.3 Å². The van der Waals surface area contributed by atoms with E-state index in [1.165, 1.54) is 10.6 Å². The minimum atomic E-state index is -0.171. The minimum absolute atomic E-state index is 0.0380. The van der Waals surface area contributed by atoms with Crippen LogP contribution in [-0.4, -0.2) is 46.1 Å². The van der Waals surface area contributed by atoms with E-state index in [9.17, 15) is 9.59 Å². The molecule has 3 aromatic rings. The van der Waals surface area contributed by atoms with Crippen molar-refractivity contribution in [2.75, 3.05) is 20.7 Å². The molecule has 0 unspecified atom stereocenters. The van der Waals surface area contributed by atoms with Crippen molar-refractivity contribution in [3.05, 3.63) is 51.9 Å². The number of nitrogens with zero attached hydrogens (tertiary/aromatic N) is 3. The quantitative estimate of drug-likeness (QED) is 0.781. The molecule has 1 N–H and O–H groups in total. The molecule has 1 amide bonds. The monoisotopic (exact) mass is 352 g/mol. The lowest BCUT2D eigenvalue weighted by Crippen LogP contribution is -2.20. The lowest BCUT2D eigenvalue weighted by Gasteiger charge is -2.09. The van der Waals surface area contributed by atoms with Gasteiger partial charge in [-0.25, -0.2) is 9.50 Å². The molecule has 134 valence electrons. The van der Waals surface area contributed by atoms with E-state index >= 15 is 0 Å². The predicted molar refractivity (Wildman–Crippen MR) is 97.5 cm³/mol. The molecule has 26 heavy (non-hydrogen) atoms. The number of ether oxygens (including phenoxy) is 1. The third kappa shape index (κ3) is 2.56. The number of H-pyrrole nitrogens is 1. The number of hydrogen-bond donors (Lipinski definition) is 1. The van der Waals surface area contributed by atoms with Gasteiger partial charge in [-0.1, -0.05) is 0 Å². The van der Waals surface area contributed by atoms with Crippen molar-refractivity contribution < 1.29 is 9.53 Å². The SMILES string of the molecule is COc1ccc(-c2[nH]n3c(=O)cc([C@H]4CC(=O)N(C)C4)nc3c2C)cc1. The van der Waals surface area contributed by atoms with Crippen molar-refractivity contribution in [1.29, 1.82) is 0 Å². The smallest absolute Gasteiger partial charge is 0.272 e. The van der Waals surface area contributed by atoms with Crippen LogP contribution in [0.25, 0.3) is 16.9 Å². The van der Waals surface area contributed by atoms with E-state index < -0.39 is 0 Å². The largest absolute Gasteiger partial charge is 0.497 e. The maximum atomic E-state index is 12.6. The van der Waals surface area contributed by atoms with E-state index in [1.54, 1.807) is 19.1 Å². The van der Waals surface area contributed by atoms with Crippen LogP contribution in [0.15, 0.2) is 35.1 Å². The van der Waals surface area contributed by atoms with Gasteiger partial charge in [0, 0.05) is 43.1 Å². The zero-order valence-electron chi connectivity index (χ0n) is 14.9. The maximum absolute atomic E-state index is 12.6. The number of nitrogens with one attached hydrogen (secondary N) is 1. The van der Waals surface area contributed by atoms with Crippen LogP contribution in [0.4, 0.5) is 0 Å². The lowest BCUT2D eigenvalue weighted by molar-refractivity contribution is -0.126. The summed E-state index contributed by atoms with van der Waals surface area (Å²) in [5.74, 6) is 0.820. The minimum Gasteiger partial charge on any atom is -0.497 e. The highest BCUT2D eigenvalue weighted by molar-refractivity contribution is 5.79. The normalized spacial score (nSPS) is 17.3. The second-order valence-electron chi connectivity index (χ2n) is 6.69. The number of aromatic amines is 1. The van der Waals surface area contributed by atoms with Gasteiger partial charge in [0.15, 0.2) is 5.65 Å². The molecule has 0 bridgehead atoms. The van der Waals surface area contributed by atoms with Gasteiger partial charge in [-0.3, -0.25) is 14.7 Å². The average molecular weight is 352 g/mol. The van der Waals surface area contributed by atoms with E-state index in [1.807, 2.05) is 31.2 Å². The van der Waals surface area contributed by atoms with E-state index in [0.29, 0.717) is 24.3 Å². The van der Waals surface area contributed by atoms with Gasteiger partial charge in [-0.2, -0.15) is 0 Å². The van der Waals surface area contributed by atoms with Crippen molar-refractivity contribution in [3.8, 4) is 17.0 Å². The number of benzene rings is 1. The molecule has 1 saturated heterocycles. The van der Waals surface area contributed by atoms with Gasteiger partial charge in [0.05, 0.1) is 18.5 Å². The highest BCUT2D eigenvalue weighted by atomic mass is 16.5. The van der Waals surface area contributed by atoms with Crippen LogP contribution in [0.3, 0.4) is 0 Å². The van der Waals surface area contributed by atoms with Gasteiger partial charge < -0.3 is 9.64 Å². The fourth-order valence-electron chi connectivity index (χ4n) is 3.48. The predicted octanol–water partition coefficient (Wildman–Crippen LogP) is 1.95. The topological polar surface area (TPSA) is 79.7 Å². The highest BCUT2D eigenvalue weighted by Crippen LogP contribution is 2.28. The Morgan fingerprint density at radius 3 is 2.58 bits per heavy atom. The second kappa shape index (κ2) is 6.01. The molecular weight excluding hydrogens is 332 g/mol. The fourth-order valence-corrected chi connectivity index (χ4v) is 3.48. The standard InChI is InChI=1S/C19H20N4O3/c1-11-18(12-4-6-14(26-3)7-5-12)21-23-17(25)9-15(20-19(11)23)13-8-16(24)22(2)10-13/h4-7,9,13,21H,8,10H2,1-3H3/t13-/m0/s1. The Hall–Kier alpha value is -3.09. The van der Waals surface area contributed by atoms with Crippen molar-refractivity contribution in [2.45, 2.75) is 19.3 Å². The number of methoxy groups -OCH3 is 1. The zero-order valence-corrected chi connectivity index (χ0v) is 14.9. The summed E-state index contributed by atoms with van der Waals surface area (Å²) in [5, 5.41) is 3.14. The summed E-state index contributed by atoms with van der Waals surface area (Å²) >= 11 is 0. The molecule has 7 nitrogen and oxygen atoms in total. The summed E-state index contributed by atoms with van der Waals surface area (Å²) in [6.07, 6.45) is 0.397. The number of amides is 1. The number of carbonyl (C=O) groups is 1. The van der Waals surface area contributed by atoms with Gasteiger partial charge in [0.25, 0.3) is 5.56 Å². The molecular formula is C19H20N4O3. The highest BCUT2D eigenvalue weighted by Gasteiger charge is 2.30. The van der Waals surface area contributed by atoms with E-state index in [0.717, 1.165) is 22.6 Å². The first-order valence-corrected chi connectivity index (χ1v) is 8.48. The average Bonchev–Trinajstić information content (AvgIpc) is 3.16. The Labute approximate surface area is 150 Å². The van der Waals surface area contributed by atoms with Gasteiger partial charge in [-0.15, -0.1) is 0 Å². The number of aryl methyl sites for hydroxylation is 1. The van der Waals surface area contributed by atoms with E-state index in [-0.39, 0.29) is 17.4 Å². The molecule has 0 saturated carbocycles. The van der Waals surface area contributed by atoms with Crippen molar-refractivity contribution >= 4 is 11.6 Å². The first-order chi connectivity index (χ1) is 12.5. The number of fused-ring (bicyclic) bond motifs is 1. The van der Waals surface area contributed by atoms with Crippen LogP contribution in [0, 0.1) is 6.92 Å². The second-order valence-corrected chi connectivity index (χ2v) is 6.69. The van der Waals surface area contributed by atoms with Crippen LogP contribution in [0.5, 0.6) is 5.75 Å². The molecule has 0 radical (unpaired) electrons. The fraction of sp³-hybridized carbons (Fsp3) is 0.316. The van der Waals surface area contributed by atoms with Gasteiger partial charge >= 0.3 is 0 Å². The number of rotatable bonds is 3. The molecule has 1 aromatic carbocycles. The summed E-state index contributed by atoms with van der Waals surface area (Å²) < 4.78 is 6.65. The van der Waals surface area contributed by atoms with Gasteiger partial charge in [-0.05, 0) is 31.2 Å². The molecule has 0 spiro atoms. The molecule has 7 heteroatoms. The van der Waals surface area contributed by atoms with Crippen LogP contribution >= 0.6 is 0 Å². The van der Waals surface area contributed by atoms with Crippen LogP contribution in [0.2, 0.25) is 0 Å². The number of hydrogen-bond acceptors (Lipinski definition) is 4. The van der Waals surface area contributed by atoms with Gasteiger partial charge in [0.1, 0.15) is 5.75 Å². The lowest BCUT2D eigenvalue weighted by atomic mass is 10.0. The van der Waals surface area contributed by atoms with Crippen LogP contribution in [0.1, 0.15) is 23.6 Å². The molecule has 1 atom stereocenters. The summed E-state index contributed by atoms with van der Waals surface area (Å²) in [6, 6.07) is 9.15. The van der Waals surface area contributed by atoms with E-state index in [4.69, 9.17) is 9.72 Å². The molecule has 1 fully saturated rings. The van der Waals surface area contributed by atoms with Gasteiger partial charge in [0.2, 0.25) is 5.91 Å². The Morgan fingerprint density at radius 1 is 1.23 bits per heavy atom. The number of carbonyl (C=O) groups excluding carboxylic acids is 1. The third-order valence-corrected chi connectivity index (χ3v) is 5.01. The summed E-state index contributed by atoms with van der Waals surface area (Å²) in [5.41, 5.74) is 3.79. The maximum Gasteiger partial charge on any atom is 0.272 e. The summed E-state index contributed by atoms with van der Waals surface area (Å²) in [6.45, 7) is 2.53. The van der Waals surface area contributed by atoms with Crippen molar-refractivity contribution in [3.63, 3.8) is 0 Å². The number of likely N-dealkylation sites (tertiary alicyclic amines) is 1. The first kappa shape index (κ1) is 16.4. The summed E-state index contributed by atoms with van der Waals surface area (Å²) in [7, 11) is 3.40. The van der Waals surface area contributed by atoms with Crippen LogP contribution in [-0.2, 0) is 4.79 Å². The molecule has 3 heterocycles. The Balaban J connectivity index is 1.80. The molecule has 0 aliphatic carbocycles. The third-order valence-electron chi connectivity index (χ3n) is 5.01. The Bertz CT molecular complexity index is 1050. The van der Waals surface area contributed by atoms with Crippen molar-refractivity contribution in [2.24, 2.45) is 0 Å². The number of aromatic nitrogens is 3. The molecule has 4 rings (SSSR count). The molecule has 1 aliphatic heterocycles. The Kier molecular flexibility index (Phi) is 3.79.